The summed E-state index contributed by atoms with van der Waals surface area (Å²) in [5.41, 5.74) is 0.391. The highest BCUT2D eigenvalue weighted by atomic mass is 16.6. The molecule has 114 valence electrons. The first-order chi connectivity index (χ1) is 9.81. The smallest absolute Gasteiger partial charge is 0.408 e. The Bertz CT molecular complexity index is 501. The minimum absolute atomic E-state index is 0.146. The van der Waals surface area contributed by atoms with Gasteiger partial charge in [-0.25, -0.2) is 4.79 Å². The van der Waals surface area contributed by atoms with E-state index in [4.69, 9.17) is 4.74 Å². The van der Waals surface area contributed by atoms with Crippen LogP contribution in [0.25, 0.3) is 0 Å². The molecular formula is C17H23NO3. The summed E-state index contributed by atoms with van der Waals surface area (Å²) >= 11 is 0. The fraction of sp³-hybridized carbons (Fsp3) is 0.412. The molecule has 0 spiro atoms. The predicted molar refractivity (Wildman–Crippen MR) is 83.1 cm³/mol. The normalized spacial score (nSPS) is 13.0. The van der Waals surface area contributed by atoms with Crippen molar-refractivity contribution in [2.45, 2.75) is 45.8 Å². The number of hydrogen-bond donors (Lipinski definition) is 1. The lowest BCUT2D eigenvalue weighted by molar-refractivity contribution is -0.116. The van der Waals surface area contributed by atoms with E-state index in [1.54, 1.807) is 33.8 Å². The average Bonchev–Trinajstić information content (AvgIpc) is 2.37. The van der Waals surface area contributed by atoms with Crippen molar-refractivity contribution in [1.82, 2.24) is 5.32 Å². The van der Waals surface area contributed by atoms with E-state index in [1.165, 1.54) is 6.08 Å². The molecule has 0 unspecified atom stereocenters. The van der Waals surface area contributed by atoms with Gasteiger partial charge in [0.25, 0.3) is 0 Å². The fourth-order valence-electron chi connectivity index (χ4n) is 1.80. The van der Waals surface area contributed by atoms with Gasteiger partial charge in [-0.05, 0) is 39.3 Å². The average molecular weight is 289 g/mol. The molecule has 0 aliphatic heterocycles. The van der Waals surface area contributed by atoms with Crippen LogP contribution in [0.1, 0.15) is 33.3 Å². The minimum atomic E-state index is -0.626. The molecule has 1 rings (SSSR count). The third-order valence-corrected chi connectivity index (χ3v) is 2.65. The molecule has 4 nitrogen and oxygen atoms in total. The minimum Gasteiger partial charge on any atom is -0.444 e. The molecule has 0 aliphatic rings. The van der Waals surface area contributed by atoms with E-state index in [0.717, 1.165) is 5.56 Å². The lowest BCUT2D eigenvalue weighted by Crippen LogP contribution is -2.44. The molecule has 0 saturated carbocycles. The first kappa shape index (κ1) is 17.0. The molecule has 4 heteroatoms. The Hall–Kier alpha value is -2.10. The van der Waals surface area contributed by atoms with E-state index in [1.807, 2.05) is 30.3 Å². The molecular weight excluding hydrogens is 266 g/mol. The topological polar surface area (TPSA) is 55.4 Å². The van der Waals surface area contributed by atoms with Crippen molar-refractivity contribution in [2.24, 2.45) is 0 Å². The summed E-state index contributed by atoms with van der Waals surface area (Å²) in [6.45, 7) is 7.12. The van der Waals surface area contributed by atoms with E-state index in [9.17, 15) is 9.59 Å². The zero-order valence-corrected chi connectivity index (χ0v) is 13.1. The van der Waals surface area contributed by atoms with Gasteiger partial charge < -0.3 is 10.1 Å². The fourth-order valence-corrected chi connectivity index (χ4v) is 1.80. The summed E-state index contributed by atoms with van der Waals surface area (Å²) in [4.78, 5) is 23.9. The molecule has 0 aromatic heterocycles. The van der Waals surface area contributed by atoms with Crippen LogP contribution in [0, 0.1) is 0 Å². The Morgan fingerprint density at radius 1 is 1.24 bits per heavy atom. The number of carbonyl (C=O) groups excluding carboxylic acids is 2. The molecule has 1 atom stereocenters. The Balaban J connectivity index is 2.78. The van der Waals surface area contributed by atoms with Crippen LogP contribution < -0.4 is 5.32 Å². The van der Waals surface area contributed by atoms with Gasteiger partial charge in [0, 0.05) is 6.42 Å². The van der Waals surface area contributed by atoms with Crippen molar-refractivity contribution in [3.05, 3.63) is 48.0 Å². The van der Waals surface area contributed by atoms with Crippen LogP contribution >= 0.6 is 0 Å². The number of hydrogen-bond acceptors (Lipinski definition) is 3. The maximum absolute atomic E-state index is 12.1. The molecule has 0 bridgehead atoms. The number of alkyl carbamates (subject to hydrolysis) is 1. The predicted octanol–water partition coefficient (Wildman–Crippen LogP) is 3.27. The molecule has 1 aromatic carbocycles. The van der Waals surface area contributed by atoms with E-state index in [-0.39, 0.29) is 5.78 Å². The van der Waals surface area contributed by atoms with Gasteiger partial charge in [-0.2, -0.15) is 0 Å². The first-order valence-electron chi connectivity index (χ1n) is 7.02. The highest BCUT2D eigenvalue weighted by Crippen LogP contribution is 2.09. The zero-order chi connectivity index (χ0) is 15.9. The van der Waals surface area contributed by atoms with Crippen molar-refractivity contribution in [3.8, 4) is 0 Å². The Morgan fingerprint density at radius 2 is 1.86 bits per heavy atom. The Kier molecular flexibility index (Phi) is 6.15. The van der Waals surface area contributed by atoms with E-state index < -0.39 is 17.7 Å². The lowest BCUT2D eigenvalue weighted by atomic mass is 10.0. The van der Waals surface area contributed by atoms with Crippen LogP contribution in [-0.2, 0) is 16.0 Å². The second-order valence-electron chi connectivity index (χ2n) is 5.79. The molecule has 1 amide bonds. The summed E-state index contributed by atoms with van der Waals surface area (Å²) < 4.78 is 5.21. The van der Waals surface area contributed by atoms with Crippen LogP contribution in [0.5, 0.6) is 0 Å². The van der Waals surface area contributed by atoms with Gasteiger partial charge in [-0.3, -0.25) is 4.79 Å². The van der Waals surface area contributed by atoms with Gasteiger partial charge >= 0.3 is 6.09 Å². The van der Waals surface area contributed by atoms with Crippen molar-refractivity contribution in [2.75, 3.05) is 0 Å². The molecule has 0 radical (unpaired) electrons. The summed E-state index contributed by atoms with van der Waals surface area (Å²) in [6, 6.07) is 8.94. The second kappa shape index (κ2) is 7.62. The zero-order valence-electron chi connectivity index (χ0n) is 13.1. The maximum atomic E-state index is 12.1. The van der Waals surface area contributed by atoms with Crippen LogP contribution in [0.2, 0.25) is 0 Å². The van der Waals surface area contributed by atoms with E-state index in [2.05, 4.69) is 5.32 Å². The van der Waals surface area contributed by atoms with Crippen LogP contribution in [-0.4, -0.2) is 23.5 Å². The number of carbonyl (C=O) groups is 2. The van der Waals surface area contributed by atoms with E-state index >= 15 is 0 Å². The Morgan fingerprint density at radius 3 is 2.38 bits per heavy atom. The van der Waals surface area contributed by atoms with Gasteiger partial charge in [-0.1, -0.05) is 36.4 Å². The summed E-state index contributed by atoms with van der Waals surface area (Å²) in [5, 5.41) is 2.64. The van der Waals surface area contributed by atoms with Gasteiger partial charge in [0.15, 0.2) is 5.78 Å². The summed E-state index contributed by atoms with van der Waals surface area (Å²) in [7, 11) is 0. The lowest BCUT2D eigenvalue weighted by Gasteiger charge is -2.22. The SMILES string of the molecule is C/C=C\C(=O)[C@H](Cc1ccccc1)NC(=O)OC(C)(C)C. The highest BCUT2D eigenvalue weighted by Gasteiger charge is 2.23. The quantitative estimate of drug-likeness (QED) is 0.846. The van der Waals surface area contributed by atoms with Gasteiger partial charge in [-0.15, -0.1) is 0 Å². The van der Waals surface area contributed by atoms with Crippen molar-refractivity contribution in [1.29, 1.82) is 0 Å². The van der Waals surface area contributed by atoms with Gasteiger partial charge in [0.2, 0.25) is 0 Å². The molecule has 0 saturated heterocycles. The van der Waals surface area contributed by atoms with Crippen LogP contribution in [0.4, 0.5) is 4.79 Å². The molecule has 0 fully saturated rings. The molecule has 1 N–H and O–H groups in total. The number of benzene rings is 1. The summed E-state index contributed by atoms with van der Waals surface area (Å²) in [6.07, 6.45) is 2.98. The maximum Gasteiger partial charge on any atom is 0.408 e. The van der Waals surface area contributed by atoms with Gasteiger partial charge in [0.1, 0.15) is 5.60 Å². The number of ether oxygens (including phenoxy) is 1. The van der Waals surface area contributed by atoms with Crippen molar-refractivity contribution in [3.63, 3.8) is 0 Å². The number of amides is 1. The monoisotopic (exact) mass is 289 g/mol. The number of nitrogens with one attached hydrogen (secondary N) is 1. The second-order valence-corrected chi connectivity index (χ2v) is 5.79. The number of rotatable bonds is 5. The van der Waals surface area contributed by atoms with Crippen LogP contribution in [0.15, 0.2) is 42.5 Å². The third kappa shape index (κ3) is 6.75. The third-order valence-electron chi connectivity index (χ3n) is 2.65. The molecule has 0 heterocycles. The molecule has 1 aromatic rings. The Labute approximate surface area is 126 Å². The highest BCUT2D eigenvalue weighted by molar-refractivity contribution is 5.96. The first-order valence-corrected chi connectivity index (χ1v) is 7.02. The molecule has 21 heavy (non-hydrogen) atoms. The van der Waals surface area contributed by atoms with Crippen LogP contribution in [0.3, 0.4) is 0 Å². The van der Waals surface area contributed by atoms with Crippen molar-refractivity contribution >= 4 is 11.9 Å². The standard InChI is InChI=1S/C17H23NO3/c1-5-9-15(19)14(12-13-10-7-6-8-11-13)18-16(20)21-17(2,3)4/h5-11,14H,12H2,1-4H3,(H,18,20)/b9-5-/t14-/m0/s1. The van der Waals surface area contributed by atoms with E-state index in [0.29, 0.717) is 6.42 Å². The summed E-state index contributed by atoms with van der Waals surface area (Å²) in [5.74, 6) is -0.146. The van der Waals surface area contributed by atoms with Crippen molar-refractivity contribution < 1.29 is 14.3 Å². The number of ketones is 1. The number of allylic oxidation sites excluding steroid dienone is 1. The van der Waals surface area contributed by atoms with Gasteiger partial charge in [0.05, 0.1) is 6.04 Å². The largest absolute Gasteiger partial charge is 0.444 e. The molecule has 0 aliphatic carbocycles.